The van der Waals surface area contributed by atoms with E-state index in [1.165, 1.54) is 12.0 Å². The quantitative estimate of drug-likeness (QED) is 0.329. The lowest BCUT2D eigenvalue weighted by atomic mass is 9.44. The first kappa shape index (κ1) is 26.2. The van der Waals surface area contributed by atoms with Gasteiger partial charge in [-0.15, -0.1) is 0 Å². The van der Waals surface area contributed by atoms with Gasteiger partial charge in [-0.05, 0) is 111 Å². The van der Waals surface area contributed by atoms with Gasteiger partial charge < -0.3 is 34.6 Å². The first-order valence-corrected chi connectivity index (χ1v) is 14.5. The summed E-state index contributed by atoms with van der Waals surface area (Å²) in [6.07, 6.45) is 5.64. The van der Waals surface area contributed by atoms with Gasteiger partial charge in [0.25, 0.3) is 0 Å². The SMILES string of the molecule is C[C@@H]1O[C@@H](O[C@H]2CC[C@@]3(CO)[C@H](CC[C@H]4[C@H]5CC[C@H](C6=CC(=O)OC6)[C@@]5(C)CC[C@@H]43)C2)[C@@H](O)[C@H](O)[C@H]1O. The van der Waals surface area contributed by atoms with E-state index in [4.69, 9.17) is 14.2 Å². The summed E-state index contributed by atoms with van der Waals surface area (Å²) in [6.45, 7) is 4.78. The summed E-state index contributed by atoms with van der Waals surface area (Å²) in [5, 5.41) is 41.5. The third-order valence-corrected chi connectivity index (χ3v) is 11.9. The van der Waals surface area contributed by atoms with E-state index in [0.29, 0.717) is 36.2 Å². The van der Waals surface area contributed by atoms with Crippen molar-refractivity contribution < 1.29 is 39.4 Å². The van der Waals surface area contributed by atoms with E-state index >= 15 is 0 Å². The van der Waals surface area contributed by atoms with Gasteiger partial charge in [0.2, 0.25) is 0 Å². The van der Waals surface area contributed by atoms with Crippen LogP contribution in [0.15, 0.2) is 11.6 Å². The van der Waals surface area contributed by atoms with Crippen molar-refractivity contribution in [1.82, 2.24) is 0 Å². The van der Waals surface area contributed by atoms with E-state index in [9.17, 15) is 25.2 Å². The zero-order valence-electron chi connectivity index (χ0n) is 22.1. The molecule has 0 spiro atoms. The van der Waals surface area contributed by atoms with Crippen molar-refractivity contribution in [2.45, 2.75) is 108 Å². The molecular formula is C29H44O8. The van der Waals surface area contributed by atoms with Crippen molar-refractivity contribution in [2.75, 3.05) is 13.2 Å². The third kappa shape index (κ3) is 4.04. The van der Waals surface area contributed by atoms with Crippen LogP contribution in [0.1, 0.15) is 71.6 Å². The molecule has 8 heteroatoms. The zero-order chi connectivity index (χ0) is 26.1. The fourth-order valence-electron chi connectivity index (χ4n) is 9.96. The summed E-state index contributed by atoms with van der Waals surface area (Å²) in [5.41, 5.74) is 1.29. The fraction of sp³-hybridized carbons (Fsp3) is 0.897. The highest BCUT2D eigenvalue weighted by molar-refractivity contribution is 5.85. The average molecular weight is 521 g/mol. The van der Waals surface area contributed by atoms with Gasteiger partial charge in [0.05, 0.1) is 12.2 Å². The second-order valence-corrected chi connectivity index (χ2v) is 13.3. The molecule has 0 bridgehead atoms. The van der Waals surface area contributed by atoms with Gasteiger partial charge in [-0.3, -0.25) is 0 Å². The van der Waals surface area contributed by atoms with E-state index < -0.39 is 30.7 Å². The van der Waals surface area contributed by atoms with Crippen LogP contribution in [0.3, 0.4) is 0 Å². The van der Waals surface area contributed by atoms with E-state index in [0.717, 1.165) is 51.4 Å². The Balaban J connectivity index is 1.16. The van der Waals surface area contributed by atoms with Gasteiger partial charge in [-0.2, -0.15) is 0 Å². The number of ether oxygens (including phenoxy) is 3. The first-order valence-electron chi connectivity index (χ1n) is 14.5. The maximum Gasteiger partial charge on any atom is 0.331 e. The van der Waals surface area contributed by atoms with Crippen LogP contribution in [0.5, 0.6) is 0 Å². The Hall–Kier alpha value is -1.03. The summed E-state index contributed by atoms with van der Waals surface area (Å²) < 4.78 is 17.2. The largest absolute Gasteiger partial charge is 0.458 e. The van der Waals surface area contributed by atoms with E-state index in [-0.39, 0.29) is 29.5 Å². The monoisotopic (exact) mass is 520 g/mol. The van der Waals surface area contributed by atoms with Gasteiger partial charge in [0.1, 0.15) is 24.9 Å². The highest BCUT2D eigenvalue weighted by Crippen LogP contribution is 2.68. The number of carbonyl (C=O) groups is 1. The topological polar surface area (TPSA) is 126 Å². The molecule has 4 aliphatic carbocycles. The summed E-state index contributed by atoms with van der Waals surface area (Å²) >= 11 is 0. The highest BCUT2D eigenvalue weighted by atomic mass is 16.7. The standard InChI is InChI=1S/C29H44O8/c1-15-24(32)25(33)26(34)27(36-15)37-18-7-10-29(14-30)17(12-18)3-4-19-21-6-5-20(16-11-23(31)35-13-16)28(21,2)9-8-22(19)29/h11,15,17-22,24-27,30,32-34H,3-10,12-14H2,1-2H3/t15-,17+,18-,19-,20+,21+,22-,24-,25+,26-,27-,28+,29+/m0/s1. The van der Waals surface area contributed by atoms with E-state index in [1.54, 1.807) is 13.0 Å². The van der Waals surface area contributed by atoms with Gasteiger partial charge in [-0.1, -0.05) is 6.92 Å². The fourth-order valence-corrected chi connectivity index (χ4v) is 9.96. The highest BCUT2D eigenvalue weighted by Gasteiger charge is 2.62. The van der Waals surface area contributed by atoms with Crippen LogP contribution < -0.4 is 0 Å². The van der Waals surface area contributed by atoms with E-state index in [2.05, 4.69) is 6.92 Å². The summed E-state index contributed by atoms with van der Waals surface area (Å²) in [4.78, 5) is 11.8. The minimum Gasteiger partial charge on any atom is -0.458 e. The van der Waals surface area contributed by atoms with Crippen LogP contribution in [-0.2, 0) is 19.0 Å². The maximum atomic E-state index is 11.8. The Morgan fingerprint density at radius 2 is 1.81 bits per heavy atom. The molecule has 2 heterocycles. The van der Waals surface area contributed by atoms with Crippen LogP contribution in [0.25, 0.3) is 0 Å². The molecule has 0 amide bonds. The molecule has 0 unspecified atom stereocenters. The van der Waals surface area contributed by atoms with Crippen molar-refractivity contribution in [3.63, 3.8) is 0 Å². The molecule has 5 fully saturated rings. The molecule has 208 valence electrons. The molecule has 4 saturated carbocycles. The number of aliphatic hydroxyl groups is 4. The van der Waals surface area contributed by atoms with Gasteiger partial charge >= 0.3 is 5.97 Å². The molecule has 1 saturated heterocycles. The third-order valence-electron chi connectivity index (χ3n) is 11.9. The first-order chi connectivity index (χ1) is 17.7. The molecule has 0 aromatic rings. The van der Waals surface area contributed by atoms with Gasteiger partial charge in [0, 0.05) is 12.7 Å². The Morgan fingerprint density at radius 3 is 2.54 bits per heavy atom. The number of fused-ring (bicyclic) bond motifs is 5. The molecule has 0 aromatic heterocycles. The predicted molar refractivity (Wildman–Crippen MR) is 133 cm³/mol. The molecule has 6 aliphatic rings. The molecule has 13 atom stereocenters. The lowest BCUT2D eigenvalue weighted by molar-refractivity contribution is -0.310. The Labute approximate surface area is 219 Å². The second kappa shape index (κ2) is 9.56. The number of hydrogen-bond acceptors (Lipinski definition) is 8. The van der Waals surface area contributed by atoms with Gasteiger partial charge in [0.15, 0.2) is 6.29 Å². The number of cyclic esters (lactones) is 1. The van der Waals surface area contributed by atoms with Crippen LogP contribution in [0.4, 0.5) is 0 Å². The van der Waals surface area contributed by atoms with Crippen molar-refractivity contribution in [3.8, 4) is 0 Å². The van der Waals surface area contributed by atoms with Crippen molar-refractivity contribution >= 4 is 5.97 Å². The van der Waals surface area contributed by atoms with Crippen molar-refractivity contribution in [2.24, 2.45) is 40.4 Å². The summed E-state index contributed by atoms with van der Waals surface area (Å²) in [7, 11) is 0. The van der Waals surface area contributed by atoms with Crippen LogP contribution >= 0.6 is 0 Å². The lowest BCUT2D eigenvalue weighted by Gasteiger charge is -2.61. The van der Waals surface area contributed by atoms with Crippen LogP contribution in [0, 0.1) is 40.4 Å². The summed E-state index contributed by atoms with van der Waals surface area (Å²) in [6, 6.07) is 0. The van der Waals surface area contributed by atoms with Crippen molar-refractivity contribution in [1.29, 1.82) is 0 Å². The minimum atomic E-state index is -1.29. The lowest BCUT2D eigenvalue weighted by Crippen LogP contribution is -2.59. The molecule has 0 radical (unpaired) electrons. The number of carbonyl (C=O) groups excluding carboxylic acids is 1. The number of esters is 1. The molecule has 0 aromatic carbocycles. The van der Waals surface area contributed by atoms with E-state index in [1.807, 2.05) is 0 Å². The normalized spacial score (nSPS) is 53.6. The minimum absolute atomic E-state index is 0.0943. The second-order valence-electron chi connectivity index (χ2n) is 13.3. The van der Waals surface area contributed by atoms with Crippen molar-refractivity contribution in [3.05, 3.63) is 11.6 Å². The molecular weight excluding hydrogens is 476 g/mol. The van der Waals surface area contributed by atoms with Gasteiger partial charge in [-0.25, -0.2) is 4.79 Å². The zero-order valence-corrected chi connectivity index (χ0v) is 22.1. The number of hydrogen-bond donors (Lipinski definition) is 4. The molecule has 2 aliphatic heterocycles. The Kier molecular flexibility index (Phi) is 6.77. The molecule has 4 N–H and O–H groups in total. The number of rotatable bonds is 4. The maximum absolute atomic E-state index is 11.8. The Bertz CT molecular complexity index is 922. The summed E-state index contributed by atoms with van der Waals surface area (Å²) in [5.74, 6) is 2.31. The van der Waals surface area contributed by atoms with Crippen LogP contribution in [-0.4, -0.2) is 76.4 Å². The molecule has 6 rings (SSSR count). The molecule has 37 heavy (non-hydrogen) atoms. The van der Waals surface area contributed by atoms with Crippen LogP contribution in [0.2, 0.25) is 0 Å². The predicted octanol–water partition coefficient (Wildman–Crippen LogP) is 2.31. The smallest absolute Gasteiger partial charge is 0.331 e. The number of aliphatic hydroxyl groups excluding tert-OH is 4. The average Bonchev–Trinajstić information content (AvgIpc) is 3.47. The molecule has 8 nitrogen and oxygen atoms in total. The Morgan fingerprint density at radius 1 is 1.00 bits per heavy atom.